The van der Waals surface area contributed by atoms with E-state index >= 15 is 0 Å². The molecule has 4 aromatic rings. The Kier molecular flexibility index (Phi) is 4.67. The summed E-state index contributed by atoms with van der Waals surface area (Å²) in [7, 11) is 0. The van der Waals surface area contributed by atoms with Gasteiger partial charge < -0.3 is 14.0 Å². The number of nitrogens with zero attached hydrogens (tertiary/aromatic N) is 2. The van der Waals surface area contributed by atoms with Crippen LogP contribution >= 0.6 is 0 Å². The van der Waals surface area contributed by atoms with Gasteiger partial charge in [-0.2, -0.15) is 5.10 Å². The van der Waals surface area contributed by atoms with Gasteiger partial charge in [0.2, 0.25) is 6.79 Å². The molecule has 0 fully saturated rings. The zero-order valence-electron chi connectivity index (χ0n) is 17.3. The number of carbonyl (C=O) groups excluding carboxylic acids is 1. The van der Waals surface area contributed by atoms with Crippen molar-refractivity contribution >= 4 is 22.9 Å². The summed E-state index contributed by atoms with van der Waals surface area (Å²) in [6, 6.07) is 21.5. The number of hydrazone groups is 1. The highest BCUT2D eigenvalue weighted by molar-refractivity contribution is 5.99. The van der Waals surface area contributed by atoms with Crippen LogP contribution in [-0.4, -0.2) is 23.5 Å². The molecule has 6 nitrogen and oxygen atoms in total. The summed E-state index contributed by atoms with van der Waals surface area (Å²) in [5.74, 6) is 1.25. The van der Waals surface area contributed by atoms with Gasteiger partial charge >= 0.3 is 0 Å². The number of hydrogen-bond donors (Lipinski definition) is 1. The molecule has 3 aromatic carbocycles. The molecule has 1 amide bonds. The maximum absolute atomic E-state index is 12.5. The molecule has 0 saturated heterocycles. The summed E-state index contributed by atoms with van der Waals surface area (Å²) in [4.78, 5) is 12.5. The van der Waals surface area contributed by atoms with Crippen LogP contribution in [0, 0.1) is 13.8 Å². The van der Waals surface area contributed by atoms with Crippen molar-refractivity contribution in [3.63, 3.8) is 0 Å². The minimum Gasteiger partial charge on any atom is -0.454 e. The monoisotopic (exact) mass is 411 g/mol. The van der Waals surface area contributed by atoms with E-state index in [4.69, 9.17) is 9.47 Å². The third-order valence-electron chi connectivity index (χ3n) is 5.47. The van der Waals surface area contributed by atoms with E-state index < -0.39 is 0 Å². The van der Waals surface area contributed by atoms with Gasteiger partial charge in [-0.25, -0.2) is 5.43 Å². The molecule has 6 heteroatoms. The number of benzene rings is 3. The van der Waals surface area contributed by atoms with Crippen LogP contribution in [0.3, 0.4) is 0 Å². The van der Waals surface area contributed by atoms with E-state index in [1.165, 1.54) is 0 Å². The average molecular weight is 411 g/mol. The first-order chi connectivity index (χ1) is 15.1. The van der Waals surface area contributed by atoms with Crippen molar-refractivity contribution in [1.82, 2.24) is 9.99 Å². The highest BCUT2D eigenvalue weighted by atomic mass is 16.7. The molecule has 0 saturated carbocycles. The Hall–Kier alpha value is -4.06. The van der Waals surface area contributed by atoms with E-state index in [-0.39, 0.29) is 12.7 Å². The molecule has 0 unspecified atom stereocenters. The Morgan fingerprint density at radius 1 is 0.968 bits per heavy atom. The molecule has 1 aliphatic rings. The molecule has 1 aromatic heterocycles. The first-order valence-corrected chi connectivity index (χ1v) is 10.0. The molecule has 0 aliphatic carbocycles. The fourth-order valence-electron chi connectivity index (χ4n) is 3.90. The van der Waals surface area contributed by atoms with E-state index in [1.54, 1.807) is 12.3 Å². The molecular formula is C25H21N3O3. The zero-order chi connectivity index (χ0) is 21.4. The van der Waals surface area contributed by atoms with E-state index in [0.29, 0.717) is 5.56 Å². The maximum Gasteiger partial charge on any atom is 0.271 e. The number of ether oxygens (including phenoxy) is 2. The smallest absolute Gasteiger partial charge is 0.271 e. The van der Waals surface area contributed by atoms with Gasteiger partial charge in [-0.15, -0.1) is 0 Å². The van der Waals surface area contributed by atoms with Gasteiger partial charge in [0, 0.05) is 34.3 Å². The second-order valence-electron chi connectivity index (χ2n) is 7.46. The molecule has 0 bridgehead atoms. The van der Waals surface area contributed by atoms with Crippen molar-refractivity contribution in [2.24, 2.45) is 5.10 Å². The van der Waals surface area contributed by atoms with Crippen LogP contribution in [0.25, 0.3) is 16.5 Å². The van der Waals surface area contributed by atoms with Crippen LogP contribution in [0.4, 0.5) is 0 Å². The number of rotatable bonds is 4. The minimum absolute atomic E-state index is 0.244. The fraction of sp³-hybridized carbons (Fsp3) is 0.120. The Bertz CT molecular complexity index is 1340. The van der Waals surface area contributed by atoms with Crippen LogP contribution in [0.1, 0.15) is 27.3 Å². The van der Waals surface area contributed by atoms with Crippen molar-refractivity contribution in [1.29, 1.82) is 0 Å². The lowest BCUT2D eigenvalue weighted by atomic mass is 10.1. The zero-order valence-corrected chi connectivity index (χ0v) is 17.3. The Balaban J connectivity index is 1.35. The van der Waals surface area contributed by atoms with E-state index in [2.05, 4.69) is 15.1 Å². The summed E-state index contributed by atoms with van der Waals surface area (Å²) in [5.41, 5.74) is 7.18. The van der Waals surface area contributed by atoms with E-state index in [0.717, 1.165) is 44.9 Å². The molecule has 0 spiro atoms. The van der Waals surface area contributed by atoms with Crippen LogP contribution in [0.2, 0.25) is 0 Å². The lowest BCUT2D eigenvalue weighted by Crippen LogP contribution is -2.17. The van der Waals surface area contributed by atoms with E-state index in [1.807, 2.05) is 74.5 Å². The number of aryl methyl sites for hydroxylation is 1. The first-order valence-electron chi connectivity index (χ1n) is 10.0. The predicted molar refractivity (Wildman–Crippen MR) is 120 cm³/mol. The molecule has 1 aliphatic heterocycles. The number of amides is 1. The van der Waals surface area contributed by atoms with Crippen LogP contribution in [0.5, 0.6) is 11.5 Å². The van der Waals surface area contributed by atoms with Crippen molar-refractivity contribution in [3.05, 3.63) is 89.2 Å². The molecule has 1 N–H and O–H groups in total. The Morgan fingerprint density at radius 2 is 1.77 bits per heavy atom. The number of nitrogens with one attached hydrogen (secondary N) is 1. The summed E-state index contributed by atoms with van der Waals surface area (Å²) in [5, 5.41) is 6.30. The molecule has 0 radical (unpaired) electrons. The van der Waals surface area contributed by atoms with Gasteiger partial charge in [-0.05, 0) is 55.0 Å². The van der Waals surface area contributed by atoms with Gasteiger partial charge in [0.25, 0.3) is 5.91 Å². The number of carbonyl (C=O) groups is 1. The van der Waals surface area contributed by atoms with Gasteiger partial charge in [-0.3, -0.25) is 4.79 Å². The lowest BCUT2D eigenvalue weighted by molar-refractivity contribution is 0.0955. The predicted octanol–water partition coefficient (Wildman–Crippen LogP) is 4.74. The number of aromatic nitrogens is 1. The maximum atomic E-state index is 12.5. The number of fused-ring (bicyclic) bond motifs is 2. The SMILES string of the molecule is Cc1cc(/C=N/NC(=O)c2ccc3ccccc3c2)c(C)n1-c1ccc2c(c1)OCO2. The summed E-state index contributed by atoms with van der Waals surface area (Å²) in [6.45, 7) is 4.30. The highest BCUT2D eigenvalue weighted by Gasteiger charge is 2.16. The fourth-order valence-corrected chi connectivity index (χ4v) is 3.90. The molecule has 5 rings (SSSR count). The van der Waals surface area contributed by atoms with Gasteiger partial charge in [0.05, 0.1) is 6.21 Å². The largest absolute Gasteiger partial charge is 0.454 e. The third kappa shape index (κ3) is 3.53. The van der Waals surface area contributed by atoms with Gasteiger partial charge in [0.15, 0.2) is 11.5 Å². The standard InChI is InChI=1S/C25H21N3O3/c1-16-11-21(17(2)28(16)22-9-10-23-24(13-22)31-15-30-23)14-26-27-25(29)20-8-7-18-5-3-4-6-19(18)12-20/h3-14H,15H2,1-2H3,(H,27,29)/b26-14+. The second-order valence-corrected chi connectivity index (χ2v) is 7.46. The van der Waals surface area contributed by atoms with Crippen LogP contribution in [-0.2, 0) is 0 Å². The van der Waals surface area contributed by atoms with Gasteiger partial charge in [-0.1, -0.05) is 30.3 Å². The summed E-state index contributed by atoms with van der Waals surface area (Å²) < 4.78 is 13.0. The second kappa shape index (κ2) is 7.65. The first kappa shape index (κ1) is 18.9. The van der Waals surface area contributed by atoms with Crippen molar-refractivity contribution in [2.75, 3.05) is 6.79 Å². The number of hydrogen-bond acceptors (Lipinski definition) is 4. The van der Waals surface area contributed by atoms with Crippen molar-refractivity contribution < 1.29 is 14.3 Å². The van der Waals surface area contributed by atoms with E-state index in [9.17, 15) is 4.79 Å². The Labute approximate surface area is 179 Å². The quantitative estimate of drug-likeness (QED) is 0.390. The molecule has 0 atom stereocenters. The van der Waals surface area contributed by atoms with Crippen LogP contribution < -0.4 is 14.9 Å². The summed E-state index contributed by atoms with van der Waals surface area (Å²) in [6.07, 6.45) is 1.67. The van der Waals surface area contributed by atoms with Crippen molar-refractivity contribution in [3.8, 4) is 17.2 Å². The third-order valence-corrected chi connectivity index (χ3v) is 5.47. The molecule has 31 heavy (non-hydrogen) atoms. The lowest BCUT2D eigenvalue weighted by Gasteiger charge is -2.10. The average Bonchev–Trinajstić information content (AvgIpc) is 3.36. The molecular weight excluding hydrogens is 390 g/mol. The summed E-state index contributed by atoms with van der Waals surface area (Å²) >= 11 is 0. The minimum atomic E-state index is -0.244. The van der Waals surface area contributed by atoms with Crippen molar-refractivity contribution in [2.45, 2.75) is 13.8 Å². The highest BCUT2D eigenvalue weighted by Crippen LogP contribution is 2.34. The molecule has 154 valence electrons. The molecule has 2 heterocycles. The Morgan fingerprint density at radius 3 is 2.65 bits per heavy atom. The topological polar surface area (TPSA) is 64.9 Å². The normalized spacial score (nSPS) is 12.6. The van der Waals surface area contributed by atoms with Gasteiger partial charge in [0.1, 0.15) is 0 Å². The van der Waals surface area contributed by atoms with Crippen LogP contribution in [0.15, 0.2) is 71.8 Å².